The van der Waals surface area contributed by atoms with E-state index in [1.165, 1.54) is 5.56 Å². The number of carbonyl (C=O) groups excluding carboxylic acids is 1. The average Bonchev–Trinajstić information content (AvgIpc) is 2.69. The molecule has 3 rings (SSSR count). The van der Waals surface area contributed by atoms with E-state index in [2.05, 4.69) is 15.6 Å². The first-order valence-corrected chi connectivity index (χ1v) is 8.92. The van der Waals surface area contributed by atoms with E-state index in [4.69, 9.17) is 16.3 Å². The Morgan fingerprint density at radius 3 is 2.63 bits per heavy atom. The van der Waals surface area contributed by atoms with E-state index in [-0.39, 0.29) is 5.91 Å². The fourth-order valence-corrected chi connectivity index (χ4v) is 2.76. The third kappa shape index (κ3) is 5.21. The zero-order valence-electron chi connectivity index (χ0n) is 14.9. The molecule has 1 heterocycles. The summed E-state index contributed by atoms with van der Waals surface area (Å²) in [5, 5.41) is 6.67. The highest BCUT2D eigenvalue weighted by atomic mass is 35.5. The number of methoxy groups -OCH3 is 1. The maximum atomic E-state index is 12.2. The van der Waals surface area contributed by atoms with Crippen LogP contribution < -0.4 is 15.4 Å². The van der Waals surface area contributed by atoms with Gasteiger partial charge in [-0.15, -0.1) is 0 Å². The van der Waals surface area contributed by atoms with Gasteiger partial charge in [0.15, 0.2) is 0 Å². The highest BCUT2D eigenvalue weighted by Crippen LogP contribution is 2.30. The summed E-state index contributed by atoms with van der Waals surface area (Å²) < 4.78 is 5.31. The number of amides is 1. The second kappa shape index (κ2) is 9.05. The summed E-state index contributed by atoms with van der Waals surface area (Å²) in [6.45, 7) is 0.560. The standard InChI is InChI=1S/C21H20ClN3O2/c1-27-20-10-7-16(22)13-19(20)25-17-8-9-18(24-14-17)21(26)23-12-11-15-5-3-2-4-6-15/h2-10,13-14,25H,11-12H2,1H3,(H,23,26). The molecular weight excluding hydrogens is 362 g/mol. The number of pyridine rings is 1. The summed E-state index contributed by atoms with van der Waals surface area (Å²) in [6.07, 6.45) is 2.38. The van der Waals surface area contributed by atoms with Crippen molar-refractivity contribution in [1.29, 1.82) is 0 Å². The number of halogens is 1. The Labute approximate surface area is 163 Å². The van der Waals surface area contributed by atoms with Gasteiger partial charge < -0.3 is 15.4 Å². The topological polar surface area (TPSA) is 63.2 Å². The lowest BCUT2D eigenvalue weighted by molar-refractivity contribution is 0.0949. The van der Waals surface area contributed by atoms with Gasteiger partial charge in [-0.2, -0.15) is 0 Å². The molecule has 0 saturated carbocycles. The molecule has 2 N–H and O–H groups in total. The van der Waals surface area contributed by atoms with Gasteiger partial charge in [0.1, 0.15) is 11.4 Å². The number of hydrogen-bond acceptors (Lipinski definition) is 4. The Hall–Kier alpha value is -3.05. The van der Waals surface area contributed by atoms with Gasteiger partial charge in [0.25, 0.3) is 5.91 Å². The Balaban J connectivity index is 1.58. The number of carbonyl (C=O) groups is 1. The van der Waals surface area contributed by atoms with Crippen LogP contribution in [0.25, 0.3) is 0 Å². The molecule has 138 valence electrons. The average molecular weight is 382 g/mol. The van der Waals surface area contributed by atoms with Crippen molar-refractivity contribution in [2.45, 2.75) is 6.42 Å². The van der Waals surface area contributed by atoms with Gasteiger partial charge in [0.2, 0.25) is 0 Å². The summed E-state index contributed by atoms with van der Waals surface area (Å²) in [4.78, 5) is 16.4. The van der Waals surface area contributed by atoms with Gasteiger partial charge in [0, 0.05) is 11.6 Å². The first-order valence-electron chi connectivity index (χ1n) is 8.54. The molecule has 1 aromatic heterocycles. The highest BCUT2D eigenvalue weighted by molar-refractivity contribution is 6.31. The van der Waals surface area contributed by atoms with E-state index in [9.17, 15) is 4.79 Å². The Morgan fingerprint density at radius 1 is 1.11 bits per heavy atom. The normalized spacial score (nSPS) is 10.3. The third-order valence-corrected chi connectivity index (χ3v) is 4.21. The molecule has 0 fully saturated rings. The Morgan fingerprint density at radius 2 is 1.93 bits per heavy atom. The summed E-state index contributed by atoms with van der Waals surface area (Å²) >= 11 is 6.04. The molecular formula is C21H20ClN3O2. The second-order valence-electron chi connectivity index (χ2n) is 5.89. The van der Waals surface area contributed by atoms with Crippen LogP contribution in [0.4, 0.5) is 11.4 Å². The number of nitrogens with zero attached hydrogens (tertiary/aromatic N) is 1. The van der Waals surface area contributed by atoms with Crippen LogP contribution in [0.5, 0.6) is 5.75 Å². The van der Waals surface area contributed by atoms with E-state index < -0.39 is 0 Å². The van der Waals surface area contributed by atoms with E-state index in [0.29, 0.717) is 23.0 Å². The minimum atomic E-state index is -0.196. The lowest BCUT2D eigenvalue weighted by atomic mass is 10.1. The SMILES string of the molecule is COc1ccc(Cl)cc1Nc1ccc(C(=O)NCCc2ccccc2)nc1. The van der Waals surface area contributed by atoms with Crippen molar-refractivity contribution < 1.29 is 9.53 Å². The number of rotatable bonds is 7. The molecule has 0 unspecified atom stereocenters. The predicted molar refractivity (Wildman–Crippen MR) is 108 cm³/mol. The molecule has 0 radical (unpaired) electrons. The molecule has 6 heteroatoms. The molecule has 0 aliphatic rings. The molecule has 0 aliphatic carbocycles. The highest BCUT2D eigenvalue weighted by Gasteiger charge is 2.08. The van der Waals surface area contributed by atoms with E-state index in [0.717, 1.165) is 17.8 Å². The molecule has 3 aromatic rings. The monoisotopic (exact) mass is 381 g/mol. The third-order valence-electron chi connectivity index (χ3n) is 3.98. The summed E-state index contributed by atoms with van der Waals surface area (Å²) in [6, 6.07) is 18.8. The number of nitrogens with one attached hydrogen (secondary N) is 2. The van der Waals surface area contributed by atoms with Gasteiger partial charge in [-0.05, 0) is 42.3 Å². The van der Waals surface area contributed by atoms with Crippen LogP contribution in [-0.4, -0.2) is 24.5 Å². The van der Waals surface area contributed by atoms with Crippen molar-refractivity contribution >= 4 is 28.9 Å². The summed E-state index contributed by atoms with van der Waals surface area (Å²) in [5.41, 5.74) is 3.01. The molecule has 0 bridgehead atoms. The summed E-state index contributed by atoms with van der Waals surface area (Å²) in [7, 11) is 1.59. The molecule has 0 aliphatic heterocycles. The van der Waals surface area contributed by atoms with Crippen molar-refractivity contribution in [1.82, 2.24) is 10.3 Å². The number of ether oxygens (including phenoxy) is 1. The number of anilines is 2. The molecule has 27 heavy (non-hydrogen) atoms. The van der Waals surface area contributed by atoms with Crippen LogP contribution in [0, 0.1) is 0 Å². The van der Waals surface area contributed by atoms with Crippen molar-refractivity contribution in [2.24, 2.45) is 0 Å². The number of aromatic nitrogens is 1. The van der Waals surface area contributed by atoms with Crippen molar-refractivity contribution in [3.63, 3.8) is 0 Å². The maximum Gasteiger partial charge on any atom is 0.269 e. The van der Waals surface area contributed by atoms with Gasteiger partial charge in [-0.3, -0.25) is 4.79 Å². The molecule has 2 aromatic carbocycles. The van der Waals surface area contributed by atoms with Crippen molar-refractivity contribution in [2.75, 3.05) is 19.0 Å². The van der Waals surface area contributed by atoms with Crippen LogP contribution in [0.1, 0.15) is 16.1 Å². The fraction of sp³-hybridized carbons (Fsp3) is 0.143. The maximum absolute atomic E-state index is 12.2. The van der Waals surface area contributed by atoms with Crippen molar-refractivity contribution in [3.05, 3.63) is 83.1 Å². The Kier molecular flexibility index (Phi) is 6.28. The zero-order valence-corrected chi connectivity index (χ0v) is 15.7. The molecule has 1 amide bonds. The molecule has 5 nitrogen and oxygen atoms in total. The minimum absolute atomic E-state index is 0.196. The second-order valence-corrected chi connectivity index (χ2v) is 6.33. The smallest absolute Gasteiger partial charge is 0.269 e. The van der Waals surface area contributed by atoms with Crippen LogP contribution >= 0.6 is 11.6 Å². The summed E-state index contributed by atoms with van der Waals surface area (Å²) in [5.74, 6) is 0.472. The predicted octanol–water partition coefficient (Wildman–Crippen LogP) is 4.46. The van der Waals surface area contributed by atoms with Crippen LogP contribution in [0.3, 0.4) is 0 Å². The molecule has 0 atom stereocenters. The van der Waals surface area contributed by atoms with Gasteiger partial charge in [-0.25, -0.2) is 4.98 Å². The van der Waals surface area contributed by atoms with Gasteiger partial charge in [0.05, 0.1) is 24.7 Å². The molecule has 0 saturated heterocycles. The van der Waals surface area contributed by atoms with Gasteiger partial charge in [-0.1, -0.05) is 41.9 Å². The number of hydrogen-bond donors (Lipinski definition) is 2. The van der Waals surface area contributed by atoms with E-state index in [1.807, 2.05) is 30.3 Å². The fourth-order valence-electron chi connectivity index (χ4n) is 2.59. The minimum Gasteiger partial charge on any atom is -0.495 e. The van der Waals surface area contributed by atoms with Crippen LogP contribution in [0.2, 0.25) is 5.02 Å². The van der Waals surface area contributed by atoms with E-state index >= 15 is 0 Å². The lowest BCUT2D eigenvalue weighted by Gasteiger charge is -2.11. The molecule has 0 spiro atoms. The number of benzene rings is 2. The lowest BCUT2D eigenvalue weighted by Crippen LogP contribution is -2.26. The first kappa shape index (κ1) is 18.7. The zero-order chi connectivity index (χ0) is 19.1. The van der Waals surface area contributed by atoms with Crippen molar-refractivity contribution in [3.8, 4) is 5.75 Å². The van der Waals surface area contributed by atoms with Gasteiger partial charge >= 0.3 is 0 Å². The largest absolute Gasteiger partial charge is 0.495 e. The van der Waals surface area contributed by atoms with Crippen LogP contribution in [0.15, 0.2) is 66.9 Å². The quantitative estimate of drug-likeness (QED) is 0.634. The first-order chi connectivity index (χ1) is 13.2. The van der Waals surface area contributed by atoms with E-state index in [1.54, 1.807) is 43.6 Å². The Bertz CT molecular complexity index is 899. The van der Waals surface area contributed by atoms with Crippen LogP contribution in [-0.2, 0) is 6.42 Å².